The first-order chi connectivity index (χ1) is 16.1. The number of nitrogens with zero attached hydrogens (tertiary/aromatic N) is 2. The van der Waals surface area contributed by atoms with Gasteiger partial charge in [0.05, 0.1) is 5.71 Å². The molecule has 7 nitrogen and oxygen atoms in total. The van der Waals surface area contributed by atoms with Gasteiger partial charge in [0.25, 0.3) is 11.8 Å². The van der Waals surface area contributed by atoms with Crippen molar-refractivity contribution in [3.05, 3.63) is 83.3 Å². The van der Waals surface area contributed by atoms with E-state index in [-0.39, 0.29) is 18.4 Å². The maximum absolute atomic E-state index is 13.3. The zero-order chi connectivity index (χ0) is 23.2. The standard InChI is InChI=1S/C26H27N3O4/c1-3-29(19-11-6-4-7-12-19)26(31)25-18(2)24-21(15-10-16-22(24)33-25)27-28-23(30)17-32-20-13-8-5-9-14-20/h4-9,11-14H,3,10,15-17H2,1-2H3,(H,28,30)/b27-21+. The monoisotopic (exact) mass is 445 g/mol. The Kier molecular flexibility index (Phi) is 6.88. The predicted molar refractivity (Wildman–Crippen MR) is 127 cm³/mol. The lowest BCUT2D eigenvalue weighted by Gasteiger charge is -2.20. The van der Waals surface area contributed by atoms with Gasteiger partial charge in [0, 0.05) is 29.8 Å². The molecule has 7 heteroatoms. The Morgan fingerprint density at radius 3 is 2.45 bits per heavy atom. The summed E-state index contributed by atoms with van der Waals surface area (Å²) in [6, 6.07) is 18.7. The molecule has 0 radical (unpaired) electrons. The zero-order valence-corrected chi connectivity index (χ0v) is 18.8. The third-order valence-corrected chi connectivity index (χ3v) is 5.58. The molecule has 0 saturated heterocycles. The summed E-state index contributed by atoms with van der Waals surface area (Å²) in [5.74, 6) is 1.14. The number of hydrazone groups is 1. The zero-order valence-electron chi connectivity index (χ0n) is 18.8. The number of nitrogens with one attached hydrogen (secondary N) is 1. The lowest BCUT2D eigenvalue weighted by molar-refractivity contribution is -0.123. The molecular weight excluding hydrogens is 418 g/mol. The van der Waals surface area contributed by atoms with Crippen LogP contribution in [0.2, 0.25) is 0 Å². The first-order valence-electron chi connectivity index (χ1n) is 11.1. The molecule has 0 aliphatic heterocycles. The molecule has 0 unspecified atom stereocenters. The van der Waals surface area contributed by atoms with Crippen molar-refractivity contribution in [2.45, 2.75) is 33.1 Å². The Morgan fingerprint density at radius 1 is 1.06 bits per heavy atom. The van der Waals surface area contributed by atoms with Gasteiger partial charge in [-0.15, -0.1) is 0 Å². The molecule has 0 atom stereocenters. The van der Waals surface area contributed by atoms with Crippen LogP contribution in [-0.4, -0.2) is 30.7 Å². The molecule has 170 valence electrons. The highest BCUT2D eigenvalue weighted by Gasteiger charge is 2.30. The van der Waals surface area contributed by atoms with Gasteiger partial charge in [-0.2, -0.15) is 5.10 Å². The minimum absolute atomic E-state index is 0.135. The summed E-state index contributed by atoms with van der Waals surface area (Å²) >= 11 is 0. The summed E-state index contributed by atoms with van der Waals surface area (Å²) < 4.78 is 11.5. The summed E-state index contributed by atoms with van der Waals surface area (Å²) in [7, 11) is 0. The number of anilines is 1. The predicted octanol–water partition coefficient (Wildman–Crippen LogP) is 4.49. The molecule has 2 aromatic carbocycles. The van der Waals surface area contributed by atoms with Gasteiger partial charge in [-0.05, 0) is 51.0 Å². The first-order valence-corrected chi connectivity index (χ1v) is 11.1. The summed E-state index contributed by atoms with van der Waals surface area (Å²) in [6.07, 6.45) is 2.25. The number of benzene rings is 2. The lowest BCUT2D eigenvalue weighted by atomic mass is 9.93. The normalized spacial score (nSPS) is 13.9. The smallest absolute Gasteiger partial charge is 0.294 e. The molecule has 1 aliphatic rings. The van der Waals surface area contributed by atoms with Crippen LogP contribution < -0.4 is 15.1 Å². The second-order valence-corrected chi connectivity index (χ2v) is 7.79. The number of furan rings is 1. The van der Waals surface area contributed by atoms with Crippen molar-refractivity contribution in [2.75, 3.05) is 18.1 Å². The topological polar surface area (TPSA) is 84.1 Å². The summed E-state index contributed by atoms with van der Waals surface area (Å²) in [5, 5.41) is 4.35. The van der Waals surface area contributed by atoms with Crippen LogP contribution in [0.15, 0.2) is 70.2 Å². The van der Waals surface area contributed by atoms with Crippen molar-refractivity contribution >= 4 is 23.2 Å². The third-order valence-electron chi connectivity index (χ3n) is 5.58. The fourth-order valence-electron chi connectivity index (χ4n) is 3.99. The van der Waals surface area contributed by atoms with Gasteiger partial charge < -0.3 is 14.1 Å². The van der Waals surface area contributed by atoms with Crippen molar-refractivity contribution in [1.82, 2.24) is 5.43 Å². The van der Waals surface area contributed by atoms with Crippen LogP contribution in [-0.2, 0) is 11.2 Å². The van der Waals surface area contributed by atoms with E-state index < -0.39 is 0 Å². The minimum atomic E-state index is -0.350. The van der Waals surface area contributed by atoms with Gasteiger partial charge in [-0.3, -0.25) is 9.59 Å². The van der Waals surface area contributed by atoms with Gasteiger partial charge in [0.15, 0.2) is 12.4 Å². The average molecular weight is 446 g/mol. The Balaban J connectivity index is 1.51. The van der Waals surface area contributed by atoms with Crippen LogP contribution in [0.25, 0.3) is 0 Å². The number of carbonyl (C=O) groups is 2. The molecule has 1 aliphatic carbocycles. The molecule has 0 spiro atoms. The molecular formula is C26H27N3O4. The highest BCUT2D eigenvalue weighted by Crippen LogP contribution is 2.31. The van der Waals surface area contributed by atoms with E-state index in [1.165, 1.54) is 0 Å². The van der Waals surface area contributed by atoms with E-state index in [1.807, 2.05) is 62.4 Å². The summed E-state index contributed by atoms with van der Waals surface area (Å²) in [4.78, 5) is 27.2. The van der Waals surface area contributed by atoms with Crippen LogP contribution >= 0.6 is 0 Å². The van der Waals surface area contributed by atoms with Gasteiger partial charge in [0.1, 0.15) is 11.5 Å². The van der Waals surface area contributed by atoms with E-state index >= 15 is 0 Å². The molecule has 1 heterocycles. The second kappa shape index (κ2) is 10.2. The molecule has 3 aromatic rings. The van der Waals surface area contributed by atoms with Crippen molar-refractivity contribution in [2.24, 2.45) is 5.10 Å². The van der Waals surface area contributed by atoms with Gasteiger partial charge >= 0.3 is 0 Å². The number of fused-ring (bicyclic) bond motifs is 1. The highest BCUT2D eigenvalue weighted by molar-refractivity contribution is 6.10. The fraction of sp³-hybridized carbons (Fsp3) is 0.269. The SMILES string of the molecule is CCN(C(=O)c1oc2c(c1C)/C(=N/NC(=O)COc1ccccc1)CCC2)c1ccccc1. The van der Waals surface area contributed by atoms with Crippen LogP contribution in [0, 0.1) is 6.92 Å². The number of carbonyl (C=O) groups excluding carboxylic acids is 2. The van der Waals surface area contributed by atoms with E-state index in [1.54, 1.807) is 17.0 Å². The molecule has 0 saturated carbocycles. The molecule has 33 heavy (non-hydrogen) atoms. The molecule has 1 aromatic heterocycles. The van der Waals surface area contributed by atoms with Crippen molar-refractivity contribution < 1.29 is 18.7 Å². The quantitative estimate of drug-likeness (QED) is 0.543. The van der Waals surface area contributed by atoms with Crippen LogP contribution in [0.1, 0.15) is 47.2 Å². The van der Waals surface area contributed by atoms with Gasteiger partial charge in [-0.1, -0.05) is 36.4 Å². The third kappa shape index (κ3) is 4.98. The van der Waals surface area contributed by atoms with Crippen molar-refractivity contribution in [1.29, 1.82) is 0 Å². The van der Waals surface area contributed by atoms with E-state index in [9.17, 15) is 9.59 Å². The van der Waals surface area contributed by atoms with Crippen molar-refractivity contribution in [3.8, 4) is 5.75 Å². The fourth-order valence-corrected chi connectivity index (χ4v) is 3.99. The highest BCUT2D eigenvalue weighted by atomic mass is 16.5. The average Bonchev–Trinajstić information content (AvgIpc) is 3.20. The second-order valence-electron chi connectivity index (χ2n) is 7.79. The van der Waals surface area contributed by atoms with Crippen LogP contribution in [0.3, 0.4) is 0 Å². The van der Waals surface area contributed by atoms with Gasteiger partial charge in [-0.25, -0.2) is 5.43 Å². The van der Waals surface area contributed by atoms with Crippen LogP contribution in [0.5, 0.6) is 5.75 Å². The molecule has 0 bridgehead atoms. The summed E-state index contributed by atoms with van der Waals surface area (Å²) in [5.41, 5.74) is 5.67. The number of hydrogen-bond donors (Lipinski definition) is 1. The maximum Gasteiger partial charge on any atom is 0.294 e. The van der Waals surface area contributed by atoms with E-state index in [2.05, 4.69) is 10.5 Å². The van der Waals surface area contributed by atoms with E-state index in [4.69, 9.17) is 9.15 Å². The van der Waals surface area contributed by atoms with E-state index in [0.29, 0.717) is 30.2 Å². The Morgan fingerprint density at radius 2 is 1.76 bits per heavy atom. The summed E-state index contributed by atoms with van der Waals surface area (Å²) in [6.45, 7) is 4.19. The maximum atomic E-state index is 13.3. The Bertz CT molecular complexity index is 1150. The lowest BCUT2D eigenvalue weighted by Crippen LogP contribution is -2.30. The molecule has 2 amide bonds. The number of amides is 2. The van der Waals surface area contributed by atoms with E-state index in [0.717, 1.165) is 35.4 Å². The minimum Gasteiger partial charge on any atom is -0.484 e. The number of hydrogen-bond acceptors (Lipinski definition) is 5. The Hall–Kier alpha value is -3.87. The molecule has 4 rings (SSSR count). The van der Waals surface area contributed by atoms with Crippen molar-refractivity contribution in [3.63, 3.8) is 0 Å². The Labute approximate surface area is 193 Å². The number of ether oxygens (including phenoxy) is 1. The number of para-hydroxylation sites is 2. The first kappa shape index (κ1) is 22.3. The van der Waals surface area contributed by atoms with Crippen LogP contribution in [0.4, 0.5) is 5.69 Å². The van der Waals surface area contributed by atoms with Gasteiger partial charge in [0.2, 0.25) is 0 Å². The molecule has 0 fully saturated rings. The largest absolute Gasteiger partial charge is 0.484 e. The molecule has 1 N–H and O–H groups in total. The number of rotatable bonds is 7. The number of aryl methyl sites for hydroxylation is 1.